The minimum atomic E-state index is -4.28. The molecule has 0 aromatic heterocycles. The maximum atomic E-state index is 12.1. The highest BCUT2D eigenvalue weighted by Gasteiger charge is 2.30. The van der Waals surface area contributed by atoms with Crippen LogP contribution in [0.1, 0.15) is 51.0 Å². The van der Waals surface area contributed by atoms with Crippen molar-refractivity contribution in [3.63, 3.8) is 0 Å². The van der Waals surface area contributed by atoms with E-state index in [-0.39, 0.29) is 10.6 Å². The standard InChI is InChI=1S/C15H24O4S2/c1-3-4-5-6-7-8-13-20(16,17)21(18,19)15-11-9-14(2)10-12-15/h9-12H,3-8,13H2,1-2H3. The third kappa shape index (κ3) is 5.11. The molecular weight excluding hydrogens is 308 g/mol. The van der Waals surface area contributed by atoms with E-state index in [1.165, 1.54) is 12.1 Å². The molecule has 0 spiro atoms. The van der Waals surface area contributed by atoms with E-state index in [4.69, 9.17) is 0 Å². The lowest BCUT2D eigenvalue weighted by Gasteiger charge is -2.06. The van der Waals surface area contributed by atoms with Gasteiger partial charge in [-0.15, -0.1) is 0 Å². The Balaban J connectivity index is 2.66. The van der Waals surface area contributed by atoms with Crippen molar-refractivity contribution >= 4 is 17.7 Å². The van der Waals surface area contributed by atoms with Gasteiger partial charge in [0, 0.05) is 0 Å². The molecule has 0 heterocycles. The third-order valence-corrected chi connectivity index (χ3v) is 8.78. The van der Waals surface area contributed by atoms with Gasteiger partial charge in [0.25, 0.3) is 17.7 Å². The normalized spacial score (nSPS) is 12.5. The predicted molar refractivity (Wildman–Crippen MR) is 85.5 cm³/mol. The molecule has 0 unspecified atom stereocenters. The minimum Gasteiger partial charge on any atom is -0.212 e. The predicted octanol–water partition coefficient (Wildman–Crippen LogP) is 3.46. The van der Waals surface area contributed by atoms with Gasteiger partial charge < -0.3 is 0 Å². The van der Waals surface area contributed by atoms with Gasteiger partial charge in [-0.2, -0.15) is 0 Å². The van der Waals surface area contributed by atoms with Crippen LogP contribution in [0.15, 0.2) is 29.2 Å². The highest BCUT2D eigenvalue weighted by atomic mass is 33.2. The lowest BCUT2D eigenvalue weighted by molar-refractivity contribution is 0.576. The molecule has 0 aliphatic carbocycles. The van der Waals surface area contributed by atoms with Crippen LogP contribution < -0.4 is 0 Å². The van der Waals surface area contributed by atoms with Crippen LogP contribution in [-0.2, 0) is 17.7 Å². The summed E-state index contributed by atoms with van der Waals surface area (Å²) in [6.07, 6.45) is 5.43. The van der Waals surface area contributed by atoms with E-state index in [0.717, 1.165) is 37.7 Å². The number of hydrogen-bond acceptors (Lipinski definition) is 4. The van der Waals surface area contributed by atoms with Crippen LogP contribution in [0.4, 0.5) is 0 Å². The summed E-state index contributed by atoms with van der Waals surface area (Å²) in [4.78, 5) is -0.140. The van der Waals surface area contributed by atoms with Gasteiger partial charge in [0.1, 0.15) is 0 Å². The zero-order valence-electron chi connectivity index (χ0n) is 12.7. The Hall–Kier alpha value is -0.880. The molecule has 0 fully saturated rings. The first-order valence-corrected chi connectivity index (χ1v) is 11.0. The highest BCUT2D eigenvalue weighted by molar-refractivity contribution is 8.67. The van der Waals surface area contributed by atoms with Crippen molar-refractivity contribution in [1.82, 2.24) is 0 Å². The zero-order valence-corrected chi connectivity index (χ0v) is 14.3. The molecule has 0 radical (unpaired) electrons. The molecule has 0 saturated carbocycles. The van der Waals surface area contributed by atoms with Crippen molar-refractivity contribution in [2.45, 2.75) is 57.3 Å². The maximum Gasteiger partial charge on any atom is 0.282 e. The molecule has 0 atom stereocenters. The van der Waals surface area contributed by atoms with Gasteiger partial charge in [0.2, 0.25) is 0 Å². The van der Waals surface area contributed by atoms with E-state index in [2.05, 4.69) is 6.92 Å². The number of hydrogen-bond donors (Lipinski definition) is 0. The van der Waals surface area contributed by atoms with Crippen molar-refractivity contribution in [2.75, 3.05) is 5.75 Å². The fourth-order valence-electron chi connectivity index (χ4n) is 2.02. The molecule has 1 rings (SSSR count). The highest BCUT2D eigenvalue weighted by Crippen LogP contribution is 2.20. The van der Waals surface area contributed by atoms with Crippen LogP contribution in [0.3, 0.4) is 0 Å². The first kappa shape index (κ1) is 18.2. The van der Waals surface area contributed by atoms with Crippen molar-refractivity contribution < 1.29 is 16.8 Å². The van der Waals surface area contributed by atoms with Crippen LogP contribution >= 0.6 is 0 Å². The molecule has 21 heavy (non-hydrogen) atoms. The average Bonchev–Trinajstić information content (AvgIpc) is 2.43. The molecule has 1 aromatic rings. The number of aryl methyl sites for hydroxylation is 1. The average molecular weight is 332 g/mol. The van der Waals surface area contributed by atoms with E-state index >= 15 is 0 Å². The molecule has 0 bridgehead atoms. The summed E-state index contributed by atoms with van der Waals surface area (Å²) >= 11 is 0. The Kier molecular flexibility index (Phi) is 6.87. The largest absolute Gasteiger partial charge is 0.282 e. The smallest absolute Gasteiger partial charge is 0.212 e. The Bertz CT molecular complexity index is 629. The number of unbranched alkanes of at least 4 members (excludes halogenated alkanes) is 5. The van der Waals surface area contributed by atoms with Crippen LogP contribution in [-0.4, -0.2) is 22.6 Å². The summed E-state index contributed by atoms with van der Waals surface area (Å²) < 4.78 is 48.4. The molecule has 6 heteroatoms. The van der Waals surface area contributed by atoms with Crippen molar-refractivity contribution in [2.24, 2.45) is 0 Å². The van der Waals surface area contributed by atoms with E-state index < -0.39 is 17.7 Å². The van der Waals surface area contributed by atoms with Gasteiger partial charge in [0.15, 0.2) is 0 Å². The zero-order chi connectivity index (χ0) is 15.9. The van der Waals surface area contributed by atoms with Gasteiger partial charge in [0.05, 0.1) is 10.6 Å². The van der Waals surface area contributed by atoms with E-state index in [1.54, 1.807) is 12.1 Å². The SMILES string of the molecule is CCCCCCCCS(=O)(=O)S(=O)(=O)c1ccc(C)cc1. The summed E-state index contributed by atoms with van der Waals surface area (Å²) in [5.74, 6) is -0.296. The van der Waals surface area contributed by atoms with Crippen LogP contribution in [0.25, 0.3) is 0 Å². The van der Waals surface area contributed by atoms with Crippen LogP contribution in [0.5, 0.6) is 0 Å². The van der Waals surface area contributed by atoms with Crippen molar-refractivity contribution in [1.29, 1.82) is 0 Å². The molecule has 120 valence electrons. The van der Waals surface area contributed by atoms with Gasteiger partial charge in [-0.1, -0.05) is 56.7 Å². The Morgan fingerprint density at radius 1 is 0.810 bits per heavy atom. The van der Waals surface area contributed by atoms with Gasteiger partial charge in [-0.3, -0.25) is 0 Å². The first-order chi connectivity index (χ1) is 9.81. The summed E-state index contributed by atoms with van der Waals surface area (Å²) in [5, 5.41) is 0. The van der Waals surface area contributed by atoms with Gasteiger partial charge in [-0.05, 0) is 25.5 Å². The quantitative estimate of drug-likeness (QED) is 0.513. The van der Waals surface area contributed by atoms with E-state index in [1.807, 2.05) is 6.92 Å². The Morgan fingerprint density at radius 2 is 1.33 bits per heavy atom. The second-order valence-electron chi connectivity index (χ2n) is 5.30. The summed E-state index contributed by atoms with van der Waals surface area (Å²) in [6.45, 7) is 3.93. The molecule has 4 nitrogen and oxygen atoms in total. The first-order valence-electron chi connectivity index (χ1n) is 7.35. The van der Waals surface area contributed by atoms with Crippen molar-refractivity contribution in [3.8, 4) is 0 Å². The molecule has 0 amide bonds. The molecule has 0 aliphatic rings. The van der Waals surface area contributed by atoms with Gasteiger partial charge in [-0.25, -0.2) is 16.8 Å². The van der Waals surface area contributed by atoms with E-state index in [9.17, 15) is 16.8 Å². The van der Waals surface area contributed by atoms with Crippen molar-refractivity contribution in [3.05, 3.63) is 29.8 Å². The molecule has 0 aliphatic heterocycles. The summed E-state index contributed by atoms with van der Waals surface area (Å²) in [6, 6.07) is 5.91. The fourth-order valence-corrected chi connectivity index (χ4v) is 5.78. The third-order valence-electron chi connectivity index (χ3n) is 3.39. The lowest BCUT2D eigenvalue weighted by atomic mass is 10.1. The van der Waals surface area contributed by atoms with Crippen LogP contribution in [0, 0.1) is 6.92 Å². The molecule has 0 N–H and O–H groups in total. The minimum absolute atomic E-state index is 0.140. The Morgan fingerprint density at radius 3 is 1.90 bits per heavy atom. The van der Waals surface area contributed by atoms with E-state index in [0.29, 0.717) is 6.42 Å². The Labute approximate surface area is 127 Å². The summed E-state index contributed by atoms with van der Waals surface area (Å²) in [5.41, 5.74) is 0.891. The number of rotatable bonds is 9. The summed E-state index contributed by atoms with van der Waals surface area (Å²) in [7, 11) is -8.43. The molecule has 1 aromatic carbocycles. The molecule has 0 saturated heterocycles. The number of benzene rings is 1. The second kappa shape index (κ2) is 7.94. The fraction of sp³-hybridized carbons (Fsp3) is 0.600. The maximum absolute atomic E-state index is 12.1. The van der Waals surface area contributed by atoms with Gasteiger partial charge >= 0.3 is 0 Å². The topological polar surface area (TPSA) is 68.3 Å². The second-order valence-corrected chi connectivity index (χ2v) is 11.0. The monoisotopic (exact) mass is 332 g/mol. The lowest BCUT2D eigenvalue weighted by Crippen LogP contribution is -2.19. The molecular formula is C15H24O4S2. The van der Waals surface area contributed by atoms with Crippen LogP contribution in [0.2, 0.25) is 0 Å².